The van der Waals surface area contributed by atoms with Gasteiger partial charge in [0.2, 0.25) is 0 Å². The molecule has 0 fully saturated rings. The third-order valence-electron chi connectivity index (χ3n) is 28.2. The van der Waals surface area contributed by atoms with Crippen molar-refractivity contribution in [2.24, 2.45) is 0 Å². The van der Waals surface area contributed by atoms with E-state index < -0.39 is 0 Å². The van der Waals surface area contributed by atoms with Gasteiger partial charge in [-0.05, 0) is 214 Å². The van der Waals surface area contributed by atoms with Crippen LogP contribution in [0.5, 0.6) is 0 Å². The van der Waals surface area contributed by atoms with Gasteiger partial charge >= 0.3 is 0 Å². The number of hydrogen-bond donors (Lipinski definition) is 0. The summed E-state index contributed by atoms with van der Waals surface area (Å²) in [5.41, 5.74) is 28.1. The summed E-state index contributed by atoms with van der Waals surface area (Å²) in [5.74, 6) is 0.233. The molecule has 8 heterocycles. The van der Waals surface area contributed by atoms with Gasteiger partial charge < -0.3 is 19.6 Å². The minimum Gasteiger partial charge on any atom is -0.310 e. The van der Waals surface area contributed by atoms with E-state index in [9.17, 15) is 0 Å². The highest BCUT2D eigenvalue weighted by molar-refractivity contribution is 8.00. The molecule has 0 bridgehead atoms. The van der Waals surface area contributed by atoms with Crippen molar-refractivity contribution >= 4 is 220 Å². The Hall–Kier alpha value is -12.5. The molecule has 2 atom stereocenters. The molecule has 3 aromatic heterocycles. The molecule has 8 heteroatoms. The number of para-hydroxylation sites is 2. The highest BCUT2D eigenvalue weighted by Crippen LogP contribution is 2.64. The number of thiophene rings is 3. The van der Waals surface area contributed by atoms with Crippen LogP contribution in [0.15, 0.2) is 320 Å². The van der Waals surface area contributed by atoms with Crippen molar-refractivity contribution in [3.8, 4) is 11.1 Å². The standard InChI is InChI=1S/C112H80N4S4/c1-109(2)85-55-79-83-59-96-84(60-95(83)117-99(79)61-93(85)114(70-31-13-10-14-32-70)87-48-40-64-24-15-19-34-73(64)101(87)109)80-56-86-94(62-100(80)118-96)115(88-49-41-65-25-16-20-35-74(65)102(88)110(86,3)4)71-44-38-63(39-45-71)68-28-23-33-72(54-68)116-90-51-43-67-27-18-22-37-76(67)104(90)112(7,8)106-92(116)53-47-78-82-58-97-81(57-98(82)120-108(78)106)77-46-52-91-105(107(77)119-97)111(5,6)103-75-36-21-17-26-66(75)42-50-89(103)113(91)69-29-11-9-12-30-69/h9-62,84,96H,1-8H3. The molecule has 0 saturated heterocycles. The first-order valence-electron chi connectivity index (χ1n) is 42.2. The van der Waals surface area contributed by atoms with Gasteiger partial charge in [0.05, 0.1) is 45.5 Å². The first-order valence-corrected chi connectivity index (χ1v) is 45.5. The molecule has 17 aromatic carbocycles. The second-order valence-electron chi connectivity index (χ2n) is 36.1. The zero-order valence-electron chi connectivity index (χ0n) is 67.8. The summed E-state index contributed by atoms with van der Waals surface area (Å²) in [5, 5.41) is 18.6. The summed E-state index contributed by atoms with van der Waals surface area (Å²) in [7, 11) is 0. The minimum absolute atomic E-state index is 0.233. The number of benzene rings is 17. The van der Waals surface area contributed by atoms with Crippen LogP contribution < -0.4 is 29.4 Å². The largest absolute Gasteiger partial charge is 0.310 e. The third kappa shape index (κ3) is 9.43. The lowest BCUT2D eigenvalue weighted by atomic mass is 9.70. The van der Waals surface area contributed by atoms with Crippen LogP contribution in [-0.4, -0.2) is 5.25 Å². The summed E-state index contributed by atoms with van der Waals surface area (Å²) >= 11 is 7.97. The Bertz CT molecular complexity index is 8120. The van der Waals surface area contributed by atoms with Gasteiger partial charge in [0.15, 0.2) is 0 Å². The van der Waals surface area contributed by atoms with Gasteiger partial charge in [-0.15, -0.1) is 45.8 Å². The molecule has 120 heavy (non-hydrogen) atoms. The fourth-order valence-electron chi connectivity index (χ4n) is 22.9. The van der Waals surface area contributed by atoms with E-state index in [2.05, 4.69) is 414 Å². The first-order chi connectivity index (χ1) is 58.5. The Balaban J connectivity index is 0.577. The van der Waals surface area contributed by atoms with Crippen molar-refractivity contribution in [1.29, 1.82) is 0 Å². The maximum absolute atomic E-state index is 2.64. The summed E-state index contributed by atoms with van der Waals surface area (Å²) in [4.78, 5) is 11.6. The second-order valence-corrected chi connectivity index (χ2v) is 40.6. The Labute approximate surface area is 713 Å². The molecular formula is C112H80N4S4. The van der Waals surface area contributed by atoms with Crippen LogP contribution in [0.3, 0.4) is 0 Å². The lowest BCUT2D eigenvalue weighted by Crippen LogP contribution is -2.32. The predicted octanol–water partition coefficient (Wildman–Crippen LogP) is 31.2. The Morgan fingerprint density at radius 3 is 1.16 bits per heavy atom. The number of hydrogen-bond acceptors (Lipinski definition) is 8. The summed E-state index contributed by atoms with van der Waals surface area (Å²) < 4.78 is 8.08. The van der Waals surface area contributed by atoms with E-state index in [0.717, 1.165) is 11.4 Å². The van der Waals surface area contributed by atoms with Gasteiger partial charge in [-0.2, -0.15) is 0 Å². The van der Waals surface area contributed by atoms with Gasteiger partial charge in [0.1, 0.15) is 0 Å². The highest BCUT2D eigenvalue weighted by Gasteiger charge is 2.47. The number of anilines is 12. The molecule has 26 rings (SSSR count). The lowest BCUT2D eigenvalue weighted by molar-refractivity contribution is 0.635. The van der Waals surface area contributed by atoms with Crippen LogP contribution in [0, 0.1) is 0 Å². The van der Waals surface area contributed by atoms with E-state index >= 15 is 0 Å². The molecule has 20 aromatic rings. The van der Waals surface area contributed by atoms with Crippen LogP contribution in [0.2, 0.25) is 0 Å². The Morgan fingerprint density at radius 2 is 0.658 bits per heavy atom. The van der Waals surface area contributed by atoms with E-state index in [1.165, 1.54) is 226 Å². The Kier molecular flexibility index (Phi) is 14.2. The van der Waals surface area contributed by atoms with E-state index in [1.807, 2.05) is 34.0 Å². The number of thioether (sulfide) groups is 1. The predicted molar refractivity (Wildman–Crippen MR) is 517 cm³/mol. The van der Waals surface area contributed by atoms with Crippen LogP contribution in [0.1, 0.15) is 111 Å². The lowest BCUT2D eigenvalue weighted by Gasteiger charge is -2.43. The molecule has 2 unspecified atom stereocenters. The molecule has 0 N–H and O–H groups in total. The molecule has 0 spiro atoms. The van der Waals surface area contributed by atoms with Gasteiger partial charge in [-0.1, -0.05) is 268 Å². The molecule has 4 nitrogen and oxygen atoms in total. The molecule has 572 valence electrons. The van der Waals surface area contributed by atoms with E-state index in [4.69, 9.17) is 0 Å². The fourth-order valence-corrected chi connectivity index (χ4v) is 28.3. The average molecular weight is 1610 g/mol. The van der Waals surface area contributed by atoms with Crippen LogP contribution in [0.4, 0.5) is 68.2 Å². The number of fused-ring (bicyclic) bond motifs is 30. The molecule has 0 amide bonds. The molecule has 0 saturated carbocycles. The number of nitrogens with zero attached hydrogens (tertiary/aromatic N) is 4. The van der Waals surface area contributed by atoms with Gasteiger partial charge in [0.25, 0.3) is 0 Å². The fraction of sp³-hybridized carbons (Fsp3) is 0.125. The van der Waals surface area contributed by atoms with Crippen molar-refractivity contribution in [2.45, 2.75) is 93.1 Å². The highest BCUT2D eigenvalue weighted by atomic mass is 32.2. The van der Waals surface area contributed by atoms with E-state index in [-0.39, 0.29) is 32.8 Å². The van der Waals surface area contributed by atoms with Crippen molar-refractivity contribution < 1.29 is 0 Å². The third-order valence-corrected chi connectivity index (χ3v) is 33.1. The van der Waals surface area contributed by atoms with Gasteiger partial charge in [-0.25, -0.2) is 0 Å². The van der Waals surface area contributed by atoms with Crippen molar-refractivity contribution in [1.82, 2.24) is 0 Å². The number of rotatable bonds is 5. The Morgan fingerprint density at radius 1 is 0.258 bits per heavy atom. The monoisotopic (exact) mass is 1610 g/mol. The van der Waals surface area contributed by atoms with Gasteiger partial charge in [0, 0.05) is 127 Å². The normalized spacial score (nSPS) is 17.1. The molecule has 0 radical (unpaired) electrons. The van der Waals surface area contributed by atoms with E-state index in [1.54, 1.807) is 0 Å². The maximum atomic E-state index is 2.64. The summed E-state index contributed by atoms with van der Waals surface area (Å²) in [6.07, 6.45) is 5.29. The first kappa shape index (κ1) is 69.4. The SMILES string of the molecule is CC1(C)c2cc3c(cc2N(c2ccc(-c4cccc(N5c6ccc7ccccc7c6C(C)(C)c6c5ccc5c6sc6cc7c(cc65)sc5c6c(ccc57)N(c5ccccc5)c5ccc7ccccc7c5C6(C)C)c4)cc2)c2ccc4ccccc4c21)SC1C=c2c(sc4cc5c(cc24)C(C)(C)c2c(ccc4ccccc24)N5c2ccccc2)=CC31. The smallest absolute Gasteiger partial charge is 0.0517 e. The topological polar surface area (TPSA) is 13.0 Å². The average Bonchev–Trinajstić information content (AvgIpc) is 1.32. The van der Waals surface area contributed by atoms with Crippen LogP contribution >= 0.6 is 45.8 Å². The van der Waals surface area contributed by atoms with Crippen molar-refractivity contribution in [3.63, 3.8) is 0 Å². The zero-order chi connectivity index (χ0) is 79.9. The van der Waals surface area contributed by atoms with Crippen molar-refractivity contribution in [3.05, 3.63) is 375 Å². The van der Waals surface area contributed by atoms with Gasteiger partial charge in [-0.3, -0.25) is 0 Å². The maximum Gasteiger partial charge on any atom is 0.0517 e. The molecule has 1 aliphatic carbocycles. The van der Waals surface area contributed by atoms with Crippen LogP contribution in [0.25, 0.3) is 117 Å². The quantitative estimate of drug-likeness (QED) is 0.170. The molecule has 6 aliphatic rings. The van der Waals surface area contributed by atoms with Crippen LogP contribution in [-0.2, 0) is 21.7 Å². The second kappa shape index (κ2) is 24.6. The zero-order valence-corrected chi connectivity index (χ0v) is 71.0. The summed E-state index contributed by atoms with van der Waals surface area (Å²) in [6, 6.07) is 121. The van der Waals surface area contributed by atoms with E-state index in [0.29, 0.717) is 0 Å². The summed E-state index contributed by atoms with van der Waals surface area (Å²) in [6.45, 7) is 19.7. The molecule has 5 aliphatic heterocycles. The minimum atomic E-state index is -0.365. The molecular weight excluding hydrogens is 1530 g/mol. The van der Waals surface area contributed by atoms with Crippen molar-refractivity contribution in [2.75, 3.05) is 19.6 Å².